The quantitative estimate of drug-likeness (QED) is 0.753. The third-order valence-electron chi connectivity index (χ3n) is 1.39. The second-order valence-electron chi connectivity index (χ2n) is 2.91. The Morgan fingerprint density at radius 3 is 2.73 bits per heavy atom. The lowest BCUT2D eigenvalue weighted by Gasteiger charge is -2.01. The van der Waals surface area contributed by atoms with Gasteiger partial charge in [-0.1, -0.05) is 13.8 Å². The van der Waals surface area contributed by atoms with Crippen LogP contribution in [0, 0.1) is 5.92 Å². The molecule has 0 saturated heterocycles. The Morgan fingerprint density at radius 2 is 2.18 bits per heavy atom. The van der Waals surface area contributed by atoms with Crippen LogP contribution >= 0.6 is 11.7 Å². The predicted octanol–water partition coefficient (Wildman–Crippen LogP) is 1.78. The second-order valence-corrected chi connectivity index (χ2v) is 3.44. The molecule has 62 valence electrons. The van der Waals surface area contributed by atoms with Crippen LogP contribution in [-0.4, -0.2) is 15.8 Å². The standard InChI is InChI=1S/C7H13N3S/c1-5(2)4-6-7(8-3)10-11-9-6/h5H,4H2,1-3H3,(H,8,10). The first-order valence-corrected chi connectivity index (χ1v) is 4.46. The fraction of sp³-hybridized carbons (Fsp3) is 0.714. The van der Waals surface area contributed by atoms with E-state index in [1.807, 2.05) is 7.05 Å². The molecule has 3 nitrogen and oxygen atoms in total. The molecule has 0 aliphatic heterocycles. The zero-order chi connectivity index (χ0) is 8.27. The van der Waals surface area contributed by atoms with Crippen molar-refractivity contribution in [2.45, 2.75) is 20.3 Å². The first-order valence-electron chi connectivity index (χ1n) is 3.73. The molecule has 0 unspecified atom stereocenters. The van der Waals surface area contributed by atoms with Gasteiger partial charge in [0.2, 0.25) is 0 Å². The Hall–Kier alpha value is -0.640. The molecule has 0 aliphatic carbocycles. The Bertz CT molecular complexity index is 219. The number of anilines is 1. The van der Waals surface area contributed by atoms with Crippen molar-refractivity contribution in [2.75, 3.05) is 12.4 Å². The fourth-order valence-electron chi connectivity index (χ4n) is 0.917. The molecule has 1 N–H and O–H groups in total. The monoisotopic (exact) mass is 171 g/mol. The largest absolute Gasteiger partial charge is 0.371 e. The Morgan fingerprint density at radius 1 is 1.45 bits per heavy atom. The summed E-state index contributed by atoms with van der Waals surface area (Å²) in [6.07, 6.45) is 1.01. The van der Waals surface area contributed by atoms with E-state index < -0.39 is 0 Å². The van der Waals surface area contributed by atoms with E-state index >= 15 is 0 Å². The number of rotatable bonds is 3. The minimum atomic E-state index is 0.644. The summed E-state index contributed by atoms with van der Waals surface area (Å²) in [5, 5.41) is 3.02. The van der Waals surface area contributed by atoms with Gasteiger partial charge in [-0.25, -0.2) is 0 Å². The van der Waals surface area contributed by atoms with Crippen LogP contribution in [0.3, 0.4) is 0 Å². The summed E-state index contributed by atoms with van der Waals surface area (Å²) in [6, 6.07) is 0. The highest BCUT2D eigenvalue weighted by molar-refractivity contribution is 6.99. The van der Waals surface area contributed by atoms with Crippen molar-refractivity contribution < 1.29 is 0 Å². The summed E-state index contributed by atoms with van der Waals surface area (Å²) in [5.41, 5.74) is 1.09. The maximum atomic E-state index is 4.20. The number of hydrogen-bond donors (Lipinski definition) is 1. The number of nitrogens with one attached hydrogen (secondary N) is 1. The van der Waals surface area contributed by atoms with Crippen LogP contribution in [-0.2, 0) is 6.42 Å². The third-order valence-corrected chi connectivity index (χ3v) is 1.96. The zero-order valence-corrected chi connectivity index (χ0v) is 7.90. The van der Waals surface area contributed by atoms with Crippen LogP contribution in [0.2, 0.25) is 0 Å². The van der Waals surface area contributed by atoms with E-state index in [1.54, 1.807) is 0 Å². The molecule has 0 bridgehead atoms. The maximum Gasteiger partial charge on any atom is 0.163 e. The van der Waals surface area contributed by atoms with Crippen LogP contribution in [0.4, 0.5) is 5.82 Å². The van der Waals surface area contributed by atoms with Gasteiger partial charge in [-0.15, -0.1) is 0 Å². The van der Waals surface area contributed by atoms with E-state index in [0.29, 0.717) is 5.92 Å². The third kappa shape index (κ3) is 2.15. The lowest BCUT2D eigenvalue weighted by molar-refractivity contribution is 0.640. The van der Waals surface area contributed by atoms with Gasteiger partial charge in [-0.2, -0.15) is 8.75 Å². The van der Waals surface area contributed by atoms with Crippen molar-refractivity contribution >= 4 is 17.5 Å². The number of nitrogens with zero attached hydrogens (tertiary/aromatic N) is 2. The highest BCUT2D eigenvalue weighted by Gasteiger charge is 2.07. The molecule has 1 aromatic heterocycles. The van der Waals surface area contributed by atoms with Crippen molar-refractivity contribution in [1.82, 2.24) is 8.75 Å². The Balaban J connectivity index is 2.68. The van der Waals surface area contributed by atoms with Crippen molar-refractivity contribution in [2.24, 2.45) is 5.92 Å². The van der Waals surface area contributed by atoms with E-state index in [-0.39, 0.29) is 0 Å². The molecule has 1 heterocycles. The summed E-state index contributed by atoms with van der Waals surface area (Å²) < 4.78 is 8.30. The first-order chi connectivity index (χ1) is 5.24. The van der Waals surface area contributed by atoms with E-state index in [2.05, 4.69) is 27.9 Å². The lowest BCUT2D eigenvalue weighted by Crippen LogP contribution is -1.99. The van der Waals surface area contributed by atoms with E-state index in [1.165, 1.54) is 11.7 Å². The number of aromatic nitrogens is 2. The Labute approximate surface area is 71.2 Å². The summed E-state index contributed by atoms with van der Waals surface area (Å²) in [6.45, 7) is 4.36. The number of hydrogen-bond acceptors (Lipinski definition) is 4. The molecule has 0 aromatic carbocycles. The van der Waals surface area contributed by atoms with Crippen LogP contribution in [0.5, 0.6) is 0 Å². The molecule has 0 fully saturated rings. The lowest BCUT2D eigenvalue weighted by atomic mass is 10.1. The molecular weight excluding hydrogens is 158 g/mol. The predicted molar refractivity (Wildman–Crippen MR) is 48.0 cm³/mol. The second kappa shape index (κ2) is 3.67. The fourth-order valence-corrected chi connectivity index (χ4v) is 1.50. The molecule has 0 saturated carbocycles. The van der Waals surface area contributed by atoms with Gasteiger partial charge in [0, 0.05) is 7.05 Å². The minimum Gasteiger partial charge on any atom is -0.371 e. The summed E-state index contributed by atoms with van der Waals surface area (Å²) in [5.74, 6) is 1.58. The molecule has 1 aromatic rings. The smallest absolute Gasteiger partial charge is 0.163 e. The van der Waals surface area contributed by atoms with Gasteiger partial charge in [-0.05, 0) is 12.3 Å². The molecule has 0 spiro atoms. The summed E-state index contributed by atoms with van der Waals surface area (Å²) in [4.78, 5) is 0. The average molecular weight is 171 g/mol. The normalized spacial score (nSPS) is 10.5. The van der Waals surface area contributed by atoms with Crippen LogP contribution in [0.1, 0.15) is 19.5 Å². The molecule has 1 rings (SSSR count). The zero-order valence-electron chi connectivity index (χ0n) is 7.09. The van der Waals surface area contributed by atoms with Crippen LogP contribution < -0.4 is 5.32 Å². The average Bonchev–Trinajstić information content (AvgIpc) is 2.34. The highest BCUT2D eigenvalue weighted by atomic mass is 32.1. The van der Waals surface area contributed by atoms with Gasteiger partial charge in [0.25, 0.3) is 0 Å². The van der Waals surface area contributed by atoms with Crippen molar-refractivity contribution in [3.8, 4) is 0 Å². The van der Waals surface area contributed by atoms with Gasteiger partial charge in [-0.3, -0.25) is 0 Å². The Kier molecular flexibility index (Phi) is 2.82. The van der Waals surface area contributed by atoms with Gasteiger partial charge < -0.3 is 5.32 Å². The van der Waals surface area contributed by atoms with Gasteiger partial charge in [0.1, 0.15) is 0 Å². The molecule has 0 atom stereocenters. The summed E-state index contributed by atoms with van der Waals surface area (Å²) >= 11 is 1.27. The van der Waals surface area contributed by atoms with Crippen molar-refractivity contribution in [1.29, 1.82) is 0 Å². The van der Waals surface area contributed by atoms with Gasteiger partial charge in [0.05, 0.1) is 17.4 Å². The van der Waals surface area contributed by atoms with E-state index in [0.717, 1.165) is 17.9 Å². The topological polar surface area (TPSA) is 37.8 Å². The molecular formula is C7H13N3S. The van der Waals surface area contributed by atoms with E-state index in [4.69, 9.17) is 0 Å². The highest BCUT2D eigenvalue weighted by Crippen LogP contribution is 2.15. The van der Waals surface area contributed by atoms with E-state index in [9.17, 15) is 0 Å². The van der Waals surface area contributed by atoms with Crippen LogP contribution in [0.25, 0.3) is 0 Å². The van der Waals surface area contributed by atoms with Gasteiger partial charge in [0.15, 0.2) is 5.82 Å². The van der Waals surface area contributed by atoms with Crippen molar-refractivity contribution in [3.05, 3.63) is 5.69 Å². The molecule has 11 heavy (non-hydrogen) atoms. The van der Waals surface area contributed by atoms with Crippen molar-refractivity contribution in [3.63, 3.8) is 0 Å². The molecule has 4 heteroatoms. The SMILES string of the molecule is CNc1nsnc1CC(C)C. The molecule has 0 amide bonds. The molecule has 0 radical (unpaired) electrons. The van der Waals surface area contributed by atoms with Crippen LogP contribution in [0.15, 0.2) is 0 Å². The van der Waals surface area contributed by atoms with Gasteiger partial charge >= 0.3 is 0 Å². The maximum absolute atomic E-state index is 4.20. The first kappa shape index (κ1) is 8.46. The molecule has 0 aliphatic rings. The summed E-state index contributed by atoms with van der Waals surface area (Å²) in [7, 11) is 1.88. The minimum absolute atomic E-state index is 0.644.